The summed E-state index contributed by atoms with van der Waals surface area (Å²) in [5, 5.41) is 0. The van der Waals surface area contributed by atoms with Gasteiger partial charge >= 0.3 is 0 Å². The van der Waals surface area contributed by atoms with Gasteiger partial charge < -0.3 is 4.90 Å². The lowest BCUT2D eigenvalue weighted by atomic mass is 9.83. The van der Waals surface area contributed by atoms with E-state index < -0.39 is 0 Å². The zero-order valence-electron chi connectivity index (χ0n) is 12.1. The van der Waals surface area contributed by atoms with Gasteiger partial charge in [-0.1, -0.05) is 47.5 Å². The Kier molecular flexibility index (Phi) is 13.9. The van der Waals surface area contributed by atoms with Crippen molar-refractivity contribution < 1.29 is 0 Å². The predicted molar refractivity (Wildman–Crippen MR) is 72.4 cm³/mol. The lowest BCUT2D eigenvalue weighted by Gasteiger charge is -2.28. The van der Waals surface area contributed by atoms with Crippen molar-refractivity contribution in [1.82, 2.24) is 4.90 Å². The molecule has 1 saturated carbocycles. The van der Waals surface area contributed by atoms with E-state index in [4.69, 9.17) is 0 Å². The summed E-state index contributed by atoms with van der Waals surface area (Å²) in [6, 6.07) is 0. The van der Waals surface area contributed by atoms with Gasteiger partial charge in [-0.05, 0) is 38.8 Å². The van der Waals surface area contributed by atoms with E-state index in [1.807, 2.05) is 27.7 Å². The van der Waals surface area contributed by atoms with Crippen molar-refractivity contribution in [3.05, 3.63) is 0 Å². The molecule has 0 aromatic carbocycles. The minimum Gasteiger partial charge on any atom is -0.309 e. The summed E-state index contributed by atoms with van der Waals surface area (Å²) in [5.41, 5.74) is 0. The van der Waals surface area contributed by atoms with E-state index in [0.717, 1.165) is 11.8 Å². The van der Waals surface area contributed by atoms with Gasteiger partial charge in [-0.3, -0.25) is 0 Å². The molecule has 0 saturated heterocycles. The average Bonchev–Trinajstić information content (AvgIpc) is 2.27. The molecular weight excluding hydrogens is 182 g/mol. The maximum absolute atomic E-state index is 2.38. The van der Waals surface area contributed by atoms with Crippen LogP contribution in [0.25, 0.3) is 0 Å². The number of hydrogen-bond acceptors (Lipinski definition) is 1. The lowest BCUT2D eigenvalue weighted by Crippen LogP contribution is -2.25. The van der Waals surface area contributed by atoms with Gasteiger partial charge in [0.1, 0.15) is 0 Å². The molecule has 1 aliphatic carbocycles. The molecule has 0 bridgehead atoms. The number of rotatable bonds is 2. The summed E-state index contributed by atoms with van der Waals surface area (Å²) in [5.74, 6) is 1.98. The van der Waals surface area contributed by atoms with Gasteiger partial charge in [-0.15, -0.1) is 0 Å². The van der Waals surface area contributed by atoms with Gasteiger partial charge in [0.25, 0.3) is 0 Å². The first kappa shape index (κ1) is 17.4. The number of hydrogen-bond donors (Lipinski definition) is 0. The van der Waals surface area contributed by atoms with Crippen LogP contribution in [0.2, 0.25) is 0 Å². The highest BCUT2D eigenvalue weighted by Gasteiger charge is 2.17. The summed E-state index contributed by atoms with van der Waals surface area (Å²) < 4.78 is 0. The van der Waals surface area contributed by atoms with Crippen LogP contribution in [0, 0.1) is 11.8 Å². The summed E-state index contributed by atoms with van der Waals surface area (Å²) >= 11 is 0. The fourth-order valence-corrected chi connectivity index (χ4v) is 2.03. The minimum atomic E-state index is 0.987. The molecule has 1 fully saturated rings. The lowest BCUT2D eigenvalue weighted by molar-refractivity contribution is 0.231. The molecule has 0 aromatic rings. The maximum Gasteiger partial charge on any atom is 0.000356 e. The molecule has 1 aliphatic rings. The molecule has 0 N–H and O–H groups in total. The molecule has 0 aromatic heterocycles. The van der Waals surface area contributed by atoms with E-state index in [2.05, 4.69) is 25.9 Å². The number of nitrogens with zero attached hydrogens (tertiary/aromatic N) is 1. The molecular formula is C14H33N. The van der Waals surface area contributed by atoms with Crippen LogP contribution in [0.3, 0.4) is 0 Å². The van der Waals surface area contributed by atoms with Gasteiger partial charge in [-0.2, -0.15) is 0 Å². The quantitative estimate of drug-likeness (QED) is 0.659. The molecule has 1 nitrogen and oxygen atoms in total. The average molecular weight is 215 g/mol. The molecule has 1 heteroatoms. The summed E-state index contributed by atoms with van der Waals surface area (Å²) in [4.78, 5) is 2.32. The Labute approximate surface area is 98.2 Å². The van der Waals surface area contributed by atoms with Crippen LogP contribution in [0.1, 0.15) is 60.3 Å². The van der Waals surface area contributed by atoms with Gasteiger partial charge in [0.05, 0.1) is 0 Å². The highest BCUT2D eigenvalue weighted by Crippen LogP contribution is 2.28. The van der Waals surface area contributed by atoms with E-state index in [1.165, 1.54) is 32.2 Å². The molecule has 0 spiro atoms. The van der Waals surface area contributed by atoms with E-state index >= 15 is 0 Å². The third-order valence-corrected chi connectivity index (χ3v) is 2.76. The monoisotopic (exact) mass is 215 g/mol. The normalized spacial score (nSPS) is 24.8. The smallest absolute Gasteiger partial charge is 0.000356 e. The van der Waals surface area contributed by atoms with E-state index in [1.54, 1.807) is 0 Å². The molecule has 0 heterocycles. The van der Waals surface area contributed by atoms with Crippen molar-refractivity contribution in [3.63, 3.8) is 0 Å². The van der Waals surface area contributed by atoms with Crippen LogP contribution >= 0.6 is 0 Å². The molecule has 0 radical (unpaired) electrons. The Morgan fingerprint density at radius 2 is 1.27 bits per heavy atom. The van der Waals surface area contributed by atoms with Crippen molar-refractivity contribution in [2.45, 2.75) is 60.3 Å². The first-order valence-corrected chi connectivity index (χ1v) is 6.83. The molecule has 0 amide bonds. The zero-order valence-corrected chi connectivity index (χ0v) is 12.1. The second-order valence-electron chi connectivity index (χ2n) is 4.39. The Balaban J connectivity index is 0. The van der Waals surface area contributed by atoms with Crippen LogP contribution in [0.4, 0.5) is 0 Å². The first-order valence-electron chi connectivity index (χ1n) is 6.83. The summed E-state index contributed by atoms with van der Waals surface area (Å²) in [6.07, 6.45) is 5.83. The topological polar surface area (TPSA) is 3.24 Å². The highest BCUT2D eigenvalue weighted by atomic mass is 15.1. The first-order chi connectivity index (χ1) is 7.18. The minimum absolute atomic E-state index is 0.987. The Hall–Kier alpha value is -0.0400. The van der Waals surface area contributed by atoms with Crippen molar-refractivity contribution in [2.75, 3.05) is 20.6 Å². The molecule has 0 aliphatic heterocycles. The Morgan fingerprint density at radius 3 is 1.60 bits per heavy atom. The summed E-state index contributed by atoms with van der Waals surface area (Å²) in [7, 11) is 4.36. The highest BCUT2D eigenvalue weighted by molar-refractivity contribution is 4.71. The fourth-order valence-electron chi connectivity index (χ4n) is 2.03. The SMILES string of the molecule is CC.CC.CC1CCC(CN(C)C)CC1. The molecule has 94 valence electrons. The van der Waals surface area contributed by atoms with Crippen LogP contribution in [-0.2, 0) is 0 Å². The summed E-state index contributed by atoms with van der Waals surface area (Å²) in [6.45, 7) is 11.7. The zero-order chi connectivity index (χ0) is 12.3. The van der Waals surface area contributed by atoms with E-state index in [9.17, 15) is 0 Å². The van der Waals surface area contributed by atoms with Crippen molar-refractivity contribution in [3.8, 4) is 0 Å². The maximum atomic E-state index is 2.38. The standard InChI is InChI=1S/C10H21N.2C2H6/c1-9-4-6-10(7-5-9)8-11(2)3;2*1-2/h9-10H,4-8H2,1-3H3;2*1-2H3. The predicted octanol–water partition coefficient (Wildman–Crippen LogP) is 4.43. The van der Waals surface area contributed by atoms with Crippen molar-refractivity contribution in [1.29, 1.82) is 0 Å². The van der Waals surface area contributed by atoms with Gasteiger partial charge in [0, 0.05) is 6.54 Å². The molecule has 1 rings (SSSR count). The molecule has 0 atom stereocenters. The second kappa shape index (κ2) is 12.0. The van der Waals surface area contributed by atoms with Crippen molar-refractivity contribution >= 4 is 0 Å². The molecule has 15 heavy (non-hydrogen) atoms. The van der Waals surface area contributed by atoms with Crippen LogP contribution < -0.4 is 0 Å². The van der Waals surface area contributed by atoms with Gasteiger partial charge in [-0.25, -0.2) is 0 Å². The van der Waals surface area contributed by atoms with Gasteiger partial charge in [0.2, 0.25) is 0 Å². The third kappa shape index (κ3) is 10.2. The van der Waals surface area contributed by atoms with Crippen LogP contribution in [0.15, 0.2) is 0 Å². The van der Waals surface area contributed by atoms with Crippen LogP contribution in [-0.4, -0.2) is 25.5 Å². The second-order valence-corrected chi connectivity index (χ2v) is 4.39. The Bertz CT molecular complexity index is 102. The van der Waals surface area contributed by atoms with E-state index in [-0.39, 0.29) is 0 Å². The fraction of sp³-hybridized carbons (Fsp3) is 1.00. The largest absolute Gasteiger partial charge is 0.309 e. The Morgan fingerprint density at radius 1 is 0.867 bits per heavy atom. The van der Waals surface area contributed by atoms with Crippen LogP contribution in [0.5, 0.6) is 0 Å². The van der Waals surface area contributed by atoms with Crippen molar-refractivity contribution in [2.24, 2.45) is 11.8 Å². The van der Waals surface area contributed by atoms with E-state index in [0.29, 0.717) is 0 Å². The third-order valence-electron chi connectivity index (χ3n) is 2.76. The van der Waals surface area contributed by atoms with Gasteiger partial charge in [0.15, 0.2) is 0 Å². The molecule has 0 unspecified atom stereocenters.